The van der Waals surface area contributed by atoms with Crippen LogP contribution < -0.4 is 14.5 Å². The molecule has 262 valence electrons. The Morgan fingerprint density at radius 1 is 0.473 bits per heavy atom. The maximum atomic E-state index is 6.63. The summed E-state index contributed by atoms with van der Waals surface area (Å²) in [6.07, 6.45) is 0. The molecule has 0 aliphatic carbocycles. The second-order valence-electron chi connectivity index (χ2n) is 15.4. The van der Waals surface area contributed by atoms with Crippen molar-refractivity contribution in [1.29, 1.82) is 0 Å². The van der Waals surface area contributed by atoms with E-state index >= 15 is 0 Å². The molecule has 0 saturated heterocycles. The number of rotatable bonds is 4. The molecule has 3 heteroatoms. The van der Waals surface area contributed by atoms with E-state index in [4.69, 9.17) is 4.74 Å². The zero-order chi connectivity index (χ0) is 36.8. The molecule has 0 radical (unpaired) electrons. The molecule has 0 N–H and O–H groups in total. The smallest absolute Gasteiger partial charge is 0.151 e. The second-order valence-corrected chi connectivity index (χ2v) is 15.4. The predicted molar refractivity (Wildman–Crippen MR) is 231 cm³/mol. The van der Waals surface area contributed by atoms with E-state index in [1.165, 1.54) is 65.8 Å². The minimum absolute atomic E-state index is 0.362. The van der Waals surface area contributed by atoms with Crippen molar-refractivity contribution in [2.75, 3.05) is 9.80 Å². The molecule has 2 aliphatic heterocycles. The molecule has 9 aromatic rings. The largest absolute Gasteiger partial charge is 0.453 e. The summed E-state index contributed by atoms with van der Waals surface area (Å²) in [5.74, 6) is 1.77. The number of benzene rings is 9. The highest BCUT2D eigenvalue weighted by Crippen LogP contribution is 2.62. The predicted octanol–water partition coefficient (Wildman–Crippen LogP) is 14.8. The van der Waals surface area contributed by atoms with E-state index in [-0.39, 0.29) is 5.41 Å². The summed E-state index contributed by atoms with van der Waals surface area (Å²) in [5, 5.41) is 7.59. The number of aryl methyl sites for hydroxylation is 1. The van der Waals surface area contributed by atoms with Crippen molar-refractivity contribution in [3.63, 3.8) is 0 Å². The normalized spacial score (nSPS) is 13.6. The van der Waals surface area contributed by atoms with Gasteiger partial charge in [0.15, 0.2) is 11.5 Å². The van der Waals surface area contributed by atoms with E-state index in [2.05, 4.69) is 206 Å². The molecule has 0 fully saturated rings. The lowest BCUT2D eigenvalue weighted by molar-refractivity contribution is 0.471. The first-order chi connectivity index (χ1) is 27.0. The Hall–Kier alpha value is -6.84. The zero-order valence-electron chi connectivity index (χ0n) is 31.0. The zero-order valence-corrected chi connectivity index (χ0v) is 31.0. The van der Waals surface area contributed by atoms with Crippen LogP contribution in [0.2, 0.25) is 0 Å². The Labute approximate surface area is 321 Å². The molecule has 55 heavy (non-hydrogen) atoms. The van der Waals surface area contributed by atoms with Crippen molar-refractivity contribution < 1.29 is 4.74 Å². The first-order valence-corrected chi connectivity index (χ1v) is 19.1. The van der Waals surface area contributed by atoms with Gasteiger partial charge in [-0.3, -0.25) is 0 Å². The summed E-state index contributed by atoms with van der Waals surface area (Å²) >= 11 is 0. The molecule has 0 spiro atoms. The highest BCUT2D eigenvalue weighted by atomic mass is 16.5. The Bertz CT molecular complexity index is 2960. The lowest BCUT2D eigenvalue weighted by Gasteiger charge is -2.47. The van der Waals surface area contributed by atoms with E-state index < -0.39 is 0 Å². The van der Waals surface area contributed by atoms with Gasteiger partial charge in [-0.1, -0.05) is 141 Å². The van der Waals surface area contributed by atoms with E-state index in [9.17, 15) is 0 Å². The van der Waals surface area contributed by atoms with Gasteiger partial charge >= 0.3 is 0 Å². The Kier molecular flexibility index (Phi) is 6.81. The fourth-order valence-corrected chi connectivity index (χ4v) is 9.38. The van der Waals surface area contributed by atoms with Crippen molar-refractivity contribution in [3.8, 4) is 22.6 Å². The first-order valence-electron chi connectivity index (χ1n) is 19.1. The summed E-state index contributed by atoms with van der Waals surface area (Å²) in [7, 11) is 0. The van der Waals surface area contributed by atoms with Crippen LogP contribution >= 0.6 is 0 Å². The second kappa shape index (κ2) is 11.8. The Morgan fingerprint density at radius 3 is 1.75 bits per heavy atom. The van der Waals surface area contributed by atoms with Crippen LogP contribution in [-0.4, -0.2) is 0 Å². The molecule has 11 rings (SSSR count). The van der Waals surface area contributed by atoms with Gasteiger partial charge in [-0.2, -0.15) is 0 Å². The van der Waals surface area contributed by atoms with Crippen molar-refractivity contribution >= 4 is 66.4 Å². The van der Waals surface area contributed by atoms with Crippen LogP contribution in [0.25, 0.3) is 43.4 Å². The standard InChI is InChI=1S/C52H38N2O/c1-33-14-11-24-47-50(33)54-46-23-13-22-45(49(46)52(2,3)44-21-12-25-48(55-47)51(44)54)53(36-28-26-35(27-29-36)34-15-5-4-6-16-34)37-30-31-42-40-19-8-7-17-38(40)39-18-9-10-20-41(39)43(42)32-37/h4-32H,1-3H3. The fourth-order valence-electron chi connectivity index (χ4n) is 9.38. The molecule has 0 saturated carbocycles. The maximum Gasteiger partial charge on any atom is 0.151 e. The number of anilines is 6. The molecule has 0 atom stereocenters. The molecular weight excluding hydrogens is 669 g/mol. The Morgan fingerprint density at radius 2 is 1.04 bits per heavy atom. The summed E-state index contributed by atoms with van der Waals surface area (Å²) in [6.45, 7) is 6.92. The van der Waals surface area contributed by atoms with Crippen molar-refractivity contribution in [1.82, 2.24) is 0 Å². The van der Waals surface area contributed by atoms with Gasteiger partial charge < -0.3 is 14.5 Å². The lowest BCUT2D eigenvalue weighted by Crippen LogP contribution is -2.34. The summed E-state index contributed by atoms with van der Waals surface area (Å²) in [4.78, 5) is 4.94. The van der Waals surface area contributed by atoms with Gasteiger partial charge in [0.05, 0.1) is 22.7 Å². The number of fused-ring (bicyclic) bond motifs is 10. The molecule has 0 bridgehead atoms. The van der Waals surface area contributed by atoms with Crippen LogP contribution in [0.15, 0.2) is 176 Å². The third-order valence-electron chi connectivity index (χ3n) is 11.9. The van der Waals surface area contributed by atoms with Gasteiger partial charge in [-0.15, -0.1) is 0 Å². The highest BCUT2D eigenvalue weighted by Gasteiger charge is 2.44. The molecular formula is C52H38N2O. The van der Waals surface area contributed by atoms with Crippen LogP contribution in [0.3, 0.4) is 0 Å². The maximum absolute atomic E-state index is 6.63. The monoisotopic (exact) mass is 706 g/mol. The van der Waals surface area contributed by atoms with Crippen LogP contribution in [-0.2, 0) is 5.41 Å². The first kappa shape index (κ1) is 31.7. The van der Waals surface area contributed by atoms with Crippen molar-refractivity contribution in [2.24, 2.45) is 0 Å². The molecule has 0 amide bonds. The summed E-state index contributed by atoms with van der Waals surface area (Å²) in [6, 6.07) is 64.1. The molecule has 2 aliphatic rings. The Balaban J connectivity index is 1.20. The van der Waals surface area contributed by atoms with Gasteiger partial charge in [0.25, 0.3) is 0 Å². The number of para-hydroxylation sites is 2. The molecule has 0 unspecified atom stereocenters. The van der Waals surface area contributed by atoms with Crippen LogP contribution in [0.4, 0.5) is 34.1 Å². The quantitative estimate of drug-likeness (QED) is 0.169. The van der Waals surface area contributed by atoms with Gasteiger partial charge in [-0.25, -0.2) is 0 Å². The van der Waals surface area contributed by atoms with Crippen molar-refractivity contribution in [2.45, 2.75) is 26.2 Å². The van der Waals surface area contributed by atoms with Gasteiger partial charge in [0, 0.05) is 22.4 Å². The lowest BCUT2D eigenvalue weighted by atomic mass is 9.72. The number of ether oxygens (including phenoxy) is 1. The fraction of sp³-hybridized carbons (Fsp3) is 0.0769. The molecule has 0 aromatic heterocycles. The average molecular weight is 707 g/mol. The third kappa shape index (κ3) is 4.63. The minimum Gasteiger partial charge on any atom is -0.453 e. The SMILES string of the molecule is Cc1cccc2c1N1c3cccc(N(c4ccc(-c5ccccc5)cc4)c4ccc5c6ccccc6c6ccccc6c5c4)c3C(C)(C)c3cccc(c31)O2. The molecule has 3 nitrogen and oxygen atoms in total. The van der Waals surface area contributed by atoms with E-state index in [1.807, 2.05) is 0 Å². The highest BCUT2D eigenvalue weighted by molar-refractivity contribution is 6.25. The van der Waals surface area contributed by atoms with Crippen LogP contribution in [0.1, 0.15) is 30.5 Å². The van der Waals surface area contributed by atoms with E-state index in [0.29, 0.717) is 0 Å². The van der Waals surface area contributed by atoms with E-state index in [0.717, 1.165) is 39.9 Å². The van der Waals surface area contributed by atoms with Crippen LogP contribution in [0, 0.1) is 6.92 Å². The number of hydrogen-bond acceptors (Lipinski definition) is 3. The number of nitrogens with zero attached hydrogens (tertiary/aromatic N) is 2. The number of hydrogen-bond donors (Lipinski definition) is 0. The van der Waals surface area contributed by atoms with Crippen molar-refractivity contribution in [3.05, 3.63) is 193 Å². The summed E-state index contributed by atoms with van der Waals surface area (Å²) in [5.41, 5.74) is 12.5. The van der Waals surface area contributed by atoms with Gasteiger partial charge in [0.1, 0.15) is 0 Å². The topological polar surface area (TPSA) is 15.7 Å². The third-order valence-corrected chi connectivity index (χ3v) is 11.9. The van der Waals surface area contributed by atoms with Gasteiger partial charge in [-0.05, 0) is 110 Å². The molecule has 9 aromatic carbocycles. The van der Waals surface area contributed by atoms with E-state index in [1.54, 1.807) is 0 Å². The summed E-state index contributed by atoms with van der Waals surface area (Å²) < 4.78 is 6.63. The molecule has 2 heterocycles. The van der Waals surface area contributed by atoms with Gasteiger partial charge in [0.2, 0.25) is 0 Å². The minimum atomic E-state index is -0.362. The average Bonchev–Trinajstić information content (AvgIpc) is 3.23. The van der Waals surface area contributed by atoms with Crippen LogP contribution in [0.5, 0.6) is 11.5 Å².